The molecule has 1 N–H and O–H groups in total. The third kappa shape index (κ3) is 4.35. The SMILES string of the molecule is COc1ccccc1C[n+]1ccc(N(C)C)cc1Oc1ccc2c(c1)CC[C@@H]1[C@@H]2CC[C@]2(C)[C@@H](O)CC[C@@H]12. The number of aromatic nitrogens is 1. The Balaban J connectivity index is 1.28. The van der Waals surface area contributed by atoms with Crippen LogP contribution in [0.2, 0.25) is 0 Å². The van der Waals surface area contributed by atoms with Crippen molar-refractivity contribution in [2.24, 2.45) is 17.3 Å². The summed E-state index contributed by atoms with van der Waals surface area (Å²) in [6, 6.07) is 19.1. The van der Waals surface area contributed by atoms with E-state index in [9.17, 15) is 5.11 Å². The number of aliphatic hydroxyl groups excluding tert-OH is 1. The van der Waals surface area contributed by atoms with Gasteiger partial charge in [-0.2, -0.15) is 4.57 Å². The summed E-state index contributed by atoms with van der Waals surface area (Å²) in [6.07, 6.45) is 8.77. The minimum absolute atomic E-state index is 0.119. The molecule has 0 spiro atoms. The maximum Gasteiger partial charge on any atom is 0.375 e. The Morgan fingerprint density at radius 2 is 1.87 bits per heavy atom. The van der Waals surface area contributed by atoms with Gasteiger partial charge in [-0.3, -0.25) is 0 Å². The highest BCUT2D eigenvalue weighted by molar-refractivity contribution is 5.47. The van der Waals surface area contributed by atoms with Crippen LogP contribution < -0.4 is 18.9 Å². The lowest BCUT2D eigenvalue weighted by atomic mass is 9.55. The predicted molar refractivity (Wildman–Crippen MR) is 150 cm³/mol. The van der Waals surface area contributed by atoms with Gasteiger partial charge in [-0.25, -0.2) is 0 Å². The second-order valence-corrected chi connectivity index (χ2v) is 12.1. The summed E-state index contributed by atoms with van der Waals surface area (Å²) < 4.78 is 14.4. The topological polar surface area (TPSA) is 45.8 Å². The molecule has 5 atom stereocenters. The van der Waals surface area contributed by atoms with Crippen molar-refractivity contribution in [1.29, 1.82) is 0 Å². The van der Waals surface area contributed by atoms with Crippen LogP contribution in [0, 0.1) is 17.3 Å². The molecule has 38 heavy (non-hydrogen) atoms. The zero-order chi connectivity index (χ0) is 26.4. The van der Waals surface area contributed by atoms with Gasteiger partial charge < -0.3 is 19.5 Å². The van der Waals surface area contributed by atoms with Crippen LogP contribution in [0.5, 0.6) is 17.4 Å². The Morgan fingerprint density at radius 1 is 1.03 bits per heavy atom. The molecule has 0 amide bonds. The van der Waals surface area contributed by atoms with Gasteiger partial charge in [0.2, 0.25) is 0 Å². The lowest BCUT2D eigenvalue weighted by Gasteiger charge is -2.50. The van der Waals surface area contributed by atoms with Gasteiger partial charge in [0.15, 0.2) is 12.7 Å². The first-order chi connectivity index (χ1) is 18.4. The molecule has 3 aliphatic carbocycles. The molecule has 0 radical (unpaired) electrons. The van der Waals surface area contributed by atoms with E-state index in [2.05, 4.69) is 73.1 Å². The molecular weight excluding hydrogens is 472 g/mol. The number of hydrogen-bond donors (Lipinski definition) is 1. The van der Waals surface area contributed by atoms with Gasteiger partial charge in [0.1, 0.15) is 11.5 Å². The van der Waals surface area contributed by atoms with Crippen molar-refractivity contribution < 1.29 is 19.1 Å². The number of benzene rings is 2. The van der Waals surface area contributed by atoms with E-state index < -0.39 is 0 Å². The molecule has 3 aliphatic rings. The Bertz CT molecular complexity index is 1320. The highest BCUT2D eigenvalue weighted by Crippen LogP contribution is 2.61. The summed E-state index contributed by atoms with van der Waals surface area (Å²) in [5, 5.41) is 10.7. The third-order valence-electron chi connectivity index (χ3n) is 9.90. The van der Waals surface area contributed by atoms with Crippen molar-refractivity contribution in [3.05, 3.63) is 77.5 Å². The zero-order valence-electron chi connectivity index (χ0n) is 23.2. The normalized spacial score (nSPS) is 27.7. The first-order valence-electron chi connectivity index (χ1n) is 14.2. The molecule has 0 bridgehead atoms. The van der Waals surface area contributed by atoms with Crippen molar-refractivity contribution in [3.63, 3.8) is 0 Å². The molecule has 6 rings (SSSR count). The number of nitrogens with zero attached hydrogens (tertiary/aromatic N) is 2. The van der Waals surface area contributed by atoms with Gasteiger partial charge >= 0.3 is 5.88 Å². The monoisotopic (exact) mass is 513 g/mol. The van der Waals surface area contributed by atoms with Gasteiger partial charge in [-0.15, -0.1) is 0 Å². The minimum Gasteiger partial charge on any atom is -0.496 e. The second-order valence-electron chi connectivity index (χ2n) is 12.1. The van der Waals surface area contributed by atoms with Crippen LogP contribution in [0.3, 0.4) is 0 Å². The molecule has 1 heterocycles. The van der Waals surface area contributed by atoms with Crippen LogP contribution in [-0.2, 0) is 13.0 Å². The molecule has 3 aromatic rings. The molecule has 0 aliphatic heterocycles. The summed E-state index contributed by atoms with van der Waals surface area (Å²) in [6.45, 7) is 3.01. The van der Waals surface area contributed by atoms with E-state index in [4.69, 9.17) is 9.47 Å². The summed E-state index contributed by atoms with van der Waals surface area (Å²) in [7, 11) is 5.82. The number of hydrogen-bond acceptors (Lipinski definition) is 4. The summed E-state index contributed by atoms with van der Waals surface area (Å²) >= 11 is 0. The minimum atomic E-state index is -0.119. The van der Waals surface area contributed by atoms with E-state index in [0.717, 1.165) is 47.9 Å². The summed E-state index contributed by atoms with van der Waals surface area (Å²) in [5.41, 5.74) is 5.28. The van der Waals surface area contributed by atoms with Crippen LogP contribution in [0.1, 0.15) is 61.6 Å². The number of para-hydroxylation sites is 1. The van der Waals surface area contributed by atoms with Crippen LogP contribution in [-0.4, -0.2) is 32.4 Å². The maximum atomic E-state index is 10.7. The average Bonchev–Trinajstić information content (AvgIpc) is 3.23. The fourth-order valence-electron chi connectivity index (χ4n) is 7.73. The largest absolute Gasteiger partial charge is 0.496 e. The van der Waals surface area contributed by atoms with Crippen LogP contribution in [0.25, 0.3) is 0 Å². The molecule has 2 fully saturated rings. The third-order valence-corrected chi connectivity index (χ3v) is 9.90. The highest BCUT2D eigenvalue weighted by Gasteiger charge is 2.54. The van der Waals surface area contributed by atoms with Gasteiger partial charge in [0.05, 0.1) is 30.5 Å². The first kappa shape index (κ1) is 25.2. The molecule has 2 aromatic carbocycles. The molecular formula is C33H41N2O3+. The Morgan fingerprint density at radius 3 is 2.68 bits per heavy atom. The van der Waals surface area contributed by atoms with Gasteiger partial charge in [0.25, 0.3) is 0 Å². The molecule has 5 heteroatoms. The number of fused-ring (bicyclic) bond motifs is 5. The predicted octanol–water partition coefficient (Wildman–Crippen LogP) is 6.11. The first-order valence-corrected chi connectivity index (χ1v) is 14.2. The molecule has 2 saturated carbocycles. The molecule has 5 nitrogen and oxygen atoms in total. The van der Waals surface area contributed by atoms with E-state index in [1.807, 2.05) is 18.2 Å². The number of aryl methyl sites for hydroxylation is 1. The zero-order valence-corrected chi connectivity index (χ0v) is 23.2. The highest BCUT2D eigenvalue weighted by atomic mass is 16.5. The number of anilines is 1. The summed E-state index contributed by atoms with van der Waals surface area (Å²) in [5.74, 6) is 4.55. The van der Waals surface area contributed by atoms with Gasteiger partial charge in [-0.1, -0.05) is 25.1 Å². The Labute approximate surface area is 227 Å². The van der Waals surface area contributed by atoms with Gasteiger partial charge in [0, 0.05) is 20.2 Å². The van der Waals surface area contributed by atoms with E-state index in [1.54, 1.807) is 7.11 Å². The number of rotatable bonds is 6. The van der Waals surface area contributed by atoms with Crippen molar-refractivity contribution in [2.45, 2.75) is 64.0 Å². The smallest absolute Gasteiger partial charge is 0.375 e. The van der Waals surface area contributed by atoms with Crippen LogP contribution >= 0.6 is 0 Å². The standard InChI is InChI=1S/C33H41N2O3/c1-33-17-15-27-26-12-10-25(19-22(26)9-11-28(27)29(33)13-14-31(33)36)38-32-20-24(34(2)3)16-18-35(32)21-23-7-5-6-8-30(23)37-4/h5-8,10,12,16,18-20,27-29,31,36H,9,11,13-15,17,21H2,1-4H3/q+1/t27-,28-,29+,31+,33+/m1/s1. The molecule has 200 valence electrons. The maximum absolute atomic E-state index is 10.7. The van der Waals surface area contributed by atoms with E-state index in [-0.39, 0.29) is 11.5 Å². The van der Waals surface area contributed by atoms with Crippen LogP contribution in [0.15, 0.2) is 60.8 Å². The average molecular weight is 514 g/mol. The van der Waals surface area contributed by atoms with E-state index in [1.165, 1.54) is 30.4 Å². The molecule has 1 aromatic heterocycles. The van der Waals surface area contributed by atoms with Crippen molar-refractivity contribution in [1.82, 2.24) is 0 Å². The van der Waals surface area contributed by atoms with Crippen molar-refractivity contribution >= 4 is 5.69 Å². The van der Waals surface area contributed by atoms with Crippen molar-refractivity contribution in [2.75, 3.05) is 26.1 Å². The second kappa shape index (κ2) is 9.92. The fraction of sp³-hybridized carbons (Fsp3) is 0.485. The number of ether oxygens (including phenoxy) is 2. The van der Waals surface area contributed by atoms with Gasteiger partial charge in [-0.05, 0) is 97.1 Å². The lowest BCUT2D eigenvalue weighted by Crippen LogP contribution is -2.43. The molecule has 0 saturated heterocycles. The van der Waals surface area contributed by atoms with Crippen LogP contribution in [0.4, 0.5) is 5.69 Å². The Kier molecular flexibility index (Phi) is 6.59. The Hall–Kier alpha value is -3.05. The molecule has 0 unspecified atom stereocenters. The van der Waals surface area contributed by atoms with E-state index >= 15 is 0 Å². The lowest BCUT2D eigenvalue weighted by molar-refractivity contribution is -0.692. The number of methoxy groups -OCH3 is 1. The van der Waals surface area contributed by atoms with Crippen molar-refractivity contribution in [3.8, 4) is 17.4 Å². The summed E-state index contributed by atoms with van der Waals surface area (Å²) in [4.78, 5) is 2.10. The van der Waals surface area contributed by atoms with E-state index in [0.29, 0.717) is 24.3 Å². The number of aliphatic hydroxyl groups is 1. The number of pyridine rings is 1. The quantitative estimate of drug-likeness (QED) is 0.404. The fourth-order valence-corrected chi connectivity index (χ4v) is 7.73.